The van der Waals surface area contributed by atoms with E-state index in [-0.39, 0.29) is 31.2 Å². The van der Waals surface area contributed by atoms with Crippen LogP contribution in [0.15, 0.2) is 0 Å². The molecule has 1 rings (SSSR count). The smallest absolute Gasteiger partial charge is 0.267 e. The molecular weight excluding hydrogens is 240 g/mol. The van der Waals surface area contributed by atoms with Crippen LogP contribution >= 0.6 is 11.6 Å². The molecule has 0 aromatic rings. The number of hydrogen-bond acceptors (Lipinski definition) is 2. The Balaban J connectivity index is 2.60. The quantitative estimate of drug-likeness (QED) is 0.702. The minimum atomic E-state index is -2.80. The topological polar surface area (TPSA) is 29.5 Å². The number of carbonyl (C=O) groups excluding carboxylic acids is 1. The Morgan fingerprint density at radius 3 is 2.88 bits per heavy atom. The third-order valence-corrected chi connectivity index (χ3v) is 2.71. The number of amides is 1. The van der Waals surface area contributed by atoms with Crippen molar-refractivity contribution in [2.75, 3.05) is 25.6 Å². The highest BCUT2D eigenvalue weighted by Gasteiger charge is 2.46. The predicted molar refractivity (Wildman–Crippen MR) is 56.9 cm³/mol. The van der Waals surface area contributed by atoms with E-state index in [2.05, 4.69) is 0 Å². The Morgan fingerprint density at radius 1 is 1.62 bits per heavy atom. The molecule has 0 unspecified atom stereocenters. The molecule has 6 heteroatoms. The van der Waals surface area contributed by atoms with Crippen LogP contribution in [0.2, 0.25) is 0 Å². The van der Waals surface area contributed by atoms with Gasteiger partial charge in [0.25, 0.3) is 5.92 Å². The van der Waals surface area contributed by atoms with Crippen LogP contribution in [0.4, 0.5) is 8.78 Å². The van der Waals surface area contributed by atoms with Gasteiger partial charge in [0, 0.05) is 25.3 Å². The Hall–Kier alpha value is -0.420. The maximum absolute atomic E-state index is 13.2. The maximum atomic E-state index is 13.2. The summed E-state index contributed by atoms with van der Waals surface area (Å²) in [5.41, 5.74) is 0. The maximum Gasteiger partial charge on any atom is 0.267 e. The van der Waals surface area contributed by atoms with Gasteiger partial charge in [-0.1, -0.05) is 0 Å². The summed E-state index contributed by atoms with van der Waals surface area (Å²) in [5, 5.41) is 0. The highest BCUT2D eigenvalue weighted by atomic mass is 35.5. The molecule has 1 atom stereocenters. The highest BCUT2D eigenvalue weighted by molar-refractivity contribution is 6.18. The normalized spacial score (nSPS) is 23.8. The molecule has 1 aliphatic heterocycles. The van der Waals surface area contributed by atoms with Crippen LogP contribution in [-0.2, 0) is 9.53 Å². The van der Waals surface area contributed by atoms with Crippen molar-refractivity contribution in [3.63, 3.8) is 0 Å². The molecule has 0 aromatic carbocycles. The molecule has 0 bridgehead atoms. The lowest BCUT2D eigenvalue weighted by Gasteiger charge is -2.23. The van der Waals surface area contributed by atoms with E-state index in [1.165, 1.54) is 4.90 Å². The predicted octanol–water partition coefficient (Wildman–Crippen LogP) is 1.89. The molecule has 3 nitrogen and oxygen atoms in total. The van der Waals surface area contributed by atoms with E-state index in [0.29, 0.717) is 6.61 Å². The first-order chi connectivity index (χ1) is 7.50. The van der Waals surface area contributed by atoms with Crippen LogP contribution in [0.5, 0.6) is 0 Å². The number of rotatable bonds is 5. The van der Waals surface area contributed by atoms with Crippen LogP contribution in [0.25, 0.3) is 0 Å². The summed E-state index contributed by atoms with van der Waals surface area (Å²) in [4.78, 5) is 12.8. The van der Waals surface area contributed by atoms with E-state index >= 15 is 0 Å². The summed E-state index contributed by atoms with van der Waals surface area (Å²) in [6.45, 7) is 1.90. The molecule has 94 valence electrons. The third kappa shape index (κ3) is 3.56. The van der Waals surface area contributed by atoms with Crippen molar-refractivity contribution in [1.29, 1.82) is 0 Å². The van der Waals surface area contributed by atoms with Gasteiger partial charge in [-0.2, -0.15) is 0 Å². The molecule has 1 amide bonds. The molecule has 1 aliphatic rings. The molecule has 0 saturated carbocycles. The Bertz CT molecular complexity index is 251. The third-order valence-electron chi connectivity index (χ3n) is 2.52. The summed E-state index contributed by atoms with van der Waals surface area (Å²) in [5.74, 6) is -2.97. The van der Waals surface area contributed by atoms with Crippen molar-refractivity contribution in [3.8, 4) is 0 Å². The second-order valence-electron chi connectivity index (χ2n) is 3.83. The SMILES string of the molecule is CCOC[C@@H]1CC(F)(F)CN1C(=O)CCCl. The van der Waals surface area contributed by atoms with E-state index < -0.39 is 18.5 Å². The van der Waals surface area contributed by atoms with Crippen LogP contribution < -0.4 is 0 Å². The second-order valence-corrected chi connectivity index (χ2v) is 4.21. The lowest BCUT2D eigenvalue weighted by atomic mass is 10.2. The fourth-order valence-corrected chi connectivity index (χ4v) is 1.98. The summed E-state index contributed by atoms with van der Waals surface area (Å²) in [6.07, 6.45) is -0.221. The lowest BCUT2D eigenvalue weighted by Crippen LogP contribution is -2.39. The van der Waals surface area contributed by atoms with Crippen LogP contribution in [0, 0.1) is 0 Å². The molecule has 1 heterocycles. The van der Waals surface area contributed by atoms with E-state index in [0.717, 1.165) is 0 Å². The fraction of sp³-hybridized carbons (Fsp3) is 0.900. The first-order valence-electron chi connectivity index (χ1n) is 5.31. The minimum Gasteiger partial charge on any atom is -0.380 e. The fourth-order valence-electron chi connectivity index (χ4n) is 1.82. The molecule has 0 aliphatic carbocycles. The summed E-state index contributed by atoms with van der Waals surface area (Å²) < 4.78 is 31.5. The molecule has 0 N–H and O–H groups in total. The Kier molecular flexibility index (Phi) is 4.92. The standard InChI is InChI=1S/C10H16ClF2NO2/c1-2-16-6-8-5-10(12,13)7-14(8)9(15)3-4-11/h8H,2-7H2,1H3/t8-/m0/s1. The van der Waals surface area contributed by atoms with E-state index in [1.54, 1.807) is 6.92 Å². The summed E-state index contributed by atoms with van der Waals surface area (Å²) >= 11 is 5.43. The Labute approximate surface area is 98.7 Å². The van der Waals surface area contributed by atoms with Gasteiger partial charge in [0.2, 0.25) is 5.91 Å². The van der Waals surface area contributed by atoms with Crippen LogP contribution in [0.3, 0.4) is 0 Å². The number of hydrogen-bond donors (Lipinski definition) is 0. The average molecular weight is 256 g/mol. The molecular formula is C10H16ClF2NO2. The van der Waals surface area contributed by atoms with Crippen molar-refractivity contribution in [2.24, 2.45) is 0 Å². The molecule has 0 aromatic heterocycles. The van der Waals surface area contributed by atoms with E-state index in [9.17, 15) is 13.6 Å². The second kappa shape index (κ2) is 5.77. The summed E-state index contributed by atoms with van der Waals surface area (Å²) in [7, 11) is 0. The molecule has 0 spiro atoms. The zero-order valence-electron chi connectivity index (χ0n) is 9.22. The number of likely N-dealkylation sites (tertiary alicyclic amines) is 1. The van der Waals surface area contributed by atoms with E-state index in [4.69, 9.17) is 16.3 Å². The summed E-state index contributed by atoms with van der Waals surface area (Å²) in [6, 6.07) is -0.523. The zero-order chi connectivity index (χ0) is 12.2. The van der Waals surface area contributed by atoms with E-state index in [1.807, 2.05) is 0 Å². The van der Waals surface area contributed by atoms with Crippen LogP contribution in [0.1, 0.15) is 19.8 Å². The van der Waals surface area contributed by atoms with Gasteiger partial charge in [-0.3, -0.25) is 4.79 Å². The number of carbonyl (C=O) groups is 1. The largest absolute Gasteiger partial charge is 0.380 e. The number of ether oxygens (including phenoxy) is 1. The number of alkyl halides is 3. The molecule has 1 saturated heterocycles. The van der Waals surface area contributed by atoms with Crippen molar-refractivity contribution >= 4 is 17.5 Å². The highest BCUT2D eigenvalue weighted by Crippen LogP contribution is 2.32. The van der Waals surface area contributed by atoms with Crippen molar-refractivity contribution in [3.05, 3.63) is 0 Å². The van der Waals surface area contributed by atoms with Gasteiger partial charge in [-0.05, 0) is 6.92 Å². The zero-order valence-corrected chi connectivity index (χ0v) is 9.97. The number of halogens is 3. The number of nitrogens with zero attached hydrogens (tertiary/aromatic N) is 1. The molecule has 0 radical (unpaired) electrons. The van der Waals surface area contributed by atoms with Gasteiger partial charge in [-0.15, -0.1) is 11.6 Å². The minimum absolute atomic E-state index is 0.0975. The first kappa shape index (κ1) is 13.6. The van der Waals surface area contributed by atoms with Crippen molar-refractivity contribution in [2.45, 2.75) is 31.7 Å². The van der Waals surface area contributed by atoms with Gasteiger partial charge in [0.15, 0.2) is 0 Å². The van der Waals surface area contributed by atoms with Crippen molar-refractivity contribution in [1.82, 2.24) is 4.90 Å². The van der Waals surface area contributed by atoms with Gasteiger partial charge >= 0.3 is 0 Å². The first-order valence-corrected chi connectivity index (χ1v) is 5.84. The van der Waals surface area contributed by atoms with Gasteiger partial charge < -0.3 is 9.64 Å². The van der Waals surface area contributed by atoms with Gasteiger partial charge in [-0.25, -0.2) is 8.78 Å². The van der Waals surface area contributed by atoms with Crippen LogP contribution in [-0.4, -0.2) is 48.4 Å². The molecule has 1 fully saturated rings. The Morgan fingerprint density at radius 2 is 2.31 bits per heavy atom. The lowest BCUT2D eigenvalue weighted by molar-refractivity contribution is -0.133. The van der Waals surface area contributed by atoms with Gasteiger partial charge in [0.05, 0.1) is 19.2 Å². The monoisotopic (exact) mass is 255 g/mol. The molecule has 16 heavy (non-hydrogen) atoms. The average Bonchev–Trinajstić information content (AvgIpc) is 2.51. The van der Waals surface area contributed by atoms with Crippen molar-refractivity contribution < 1.29 is 18.3 Å². The van der Waals surface area contributed by atoms with Gasteiger partial charge in [0.1, 0.15) is 0 Å².